The number of aryl methyl sites for hydroxylation is 1. The monoisotopic (exact) mass is 265 g/mol. The van der Waals surface area contributed by atoms with Gasteiger partial charge in [-0.05, 0) is 49.4 Å². The Morgan fingerprint density at radius 1 is 1.33 bits per heavy atom. The maximum absolute atomic E-state index is 11.6. The van der Waals surface area contributed by atoms with Crippen LogP contribution in [-0.2, 0) is 20.2 Å². The van der Waals surface area contributed by atoms with Gasteiger partial charge < -0.3 is 0 Å². The summed E-state index contributed by atoms with van der Waals surface area (Å²) < 4.78 is 23.2. The highest BCUT2D eigenvalue weighted by molar-refractivity contribution is 7.90. The second-order valence-electron chi connectivity index (χ2n) is 4.84. The Labute approximate surface area is 107 Å². The molecule has 0 radical (unpaired) electrons. The lowest BCUT2D eigenvalue weighted by molar-refractivity contribution is 0.254. The smallest absolute Gasteiger partial charge is 0.224 e. The number of rotatable bonds is 3. The number of benzene rings is 1. The maximum atomic E-state index is 11.6. The zero-order valence-electron chi connectivity index (χ0n) is 10.4. The molecular weight excluding hydrogens is 250 g/mol. The molecule has 4 nitrogen and oxygen atoms in total. The number of sulfone groups is 1. The van der Waals surface area contributed by atoms with Gasteiger partial charge in [0.15, 0.2) is 9.84 Å². The van der Waals surface area contributed by atoms with Crippen LogP contribution in [0.3, 0.4) is 0 Å². The molecule has 18 heavy (non-hydrogen) atoms. The first-order chi connectivity index (χ1) is 8.39. The van der Waals surface area contributed by atoms with Gasteiger partial charge in [0, 0.05) is 6.26 Å². The third kappa shape index (κ3) is 2.11. The summed E-state index contributed by atoms with van der Waals surface area (Å²) in [5.74, 6) is 0. The minimum absolute atomic E-state index is 0.274. The molecule has 1 aromatic carbocycles. The van der Waals surface area contributed by atoms with Crippen molar-refractivity contribution >= 4 is 15.9 Å². The van der Waals surface area contributed by atoms with E-state index in [1.807, 2.05) is 6.92 Å². The molecule has 0 saturated heterocycles. The van der Waals surface area contributed by atoms with Crippen LogP contribution < -0.4 is 0 Å². The van der Waals surface area contributed by atoms with Gasteiger partial charge in [0.1, 0.15) is 0 Å². The van der Waals surface area contributed by atoms with Crippen molar-refractivity contribution in [1.29, 1.82) is 0 Å². The fourth-order valence-electron chi connectivity index (χ4n) is 2.37. The average Bonchev–Trinajstić information content (AvgIpc) is 2.23. The molecule has 2 rings (SSSR count). The first-order valence-corrected chi connectivity index (χ1v) is 7.68. The molecule has 96 valence electrons. The molecule has 0 amide bonds. The largest absolute Gasteiger partial charge is 0.235 e. The van der Waals surface area contributed by atoms with E-state index in [1.54, 1.807) is 24.3 Å². The molecule has 0 aromatic heterocycles. The van der Waals surface area contributed by atoms with Crippen molar-refractivity contribution < 1.29 is 13.2 Å². The molecule has 0 N–H and O–H groups in total. The van der Waals surface area contributed by atoms with E-state index in [2.05, 4.69) is 4.99 Å². The van der Waals surface area contributed by atoms with Crippen molar-refractivity contribution in [2.24, 2.45) is 4.99 Å². The minimum Gasteiger partial charge on any atom is -0.224 e. The lowest BCUT2D eigenvalue weighted by Gasteiger charge is -2.38. The molecule has 5 heteroatoms. The van der Waals surface area contributed by atoms with Crippen LogP contribution in [0.4, 0.5) is 0 Å². The summed E-state index contributed by atoms with van der Waals surface area (Å²) in [5, 5.41) is 0. The van der Waals surface area contributed by atoms with Crippen molar-refractivity contribution in [3.05, 3.63) is 29.3 Å². The maximum Gasteiger partial charge on any atom is 0.235 e. The summed E-state index contributed by atoms with van der Waals surface area (Å²) in [4.78, 5) is 14.8. The van der Waals surface area contributed by atoms with E-state index in [0.29, 0.717) is 0 Å². The van der Waals surface area contributed by atoms with Crippen LogP contribution in [0.1, 0.15) is 30.4 Å². The molecule has 1 saturated carbocycles. The van der Waals surface area contributed by atoms with Gasteiger partial charge in [-0.15, -0.1) is 0 Å². The Morgan fingerprint density at radius 2 is 2.00 bits per heavy atom. The zero-order valence-corrected chi connectivity index (χ0v) is 11.3. The molecule has 1 aliphatic carbocycles. The fourth-order valence-corrected chi connectivity index (χ4v) is 3.02. The van der Waals surface area contributed by atoms with Crippen molar-refractivity contribution in [2.75, 3.05) is 6.26 Å². The van der Waals surface area contributed by atoms with E-state index >= 15 is 0 Å². The molecule has 0 aliphatic heterocycles. The standard InChI is InChI=1S/C13H15NO3S/c1-10-4-5-11(18(2,16)17)8-12(10)13(14-9-15)6-3-7-13/h4-5,8H,3,6-7H2,1-2H3. The predicted molar refractivity (Wildman–Crippen MR) is 67.9 cm³/mol. The molecule has 0 spiro atoms. The number of hydrogen-bond donors (Lipinski definition) is 0. The number of aliphatic imine (C=N–C) groups is 1. The SMILES string of the molecule is Cc1ccc(S(C)(=O)=O)cc1C1(N=C=O)CCC1. The van der Waals surface area contributed by atoms with Gasteiger partial charge in [0.25, 0.3) is 0 Å². The zero-order chi connectivity index (χ0) is 13.4. The average molecular weight is 265 g/mol. The molecule has 0 heterocycles. The number of isocyanates is 1. The molecule has 1 fully saturated rings. The first kappa shape index (κ1) is 13.0. The summed E-state index contributed by atoms with van der Waals surface area (Å²) >= 11 is 0. The summed E-state index contributed by atoms with van der Waals surface area (Å²) in [6, 6.07) is 5.00. The lowest BCUT2D eigenvalue weighted by atomic mass is 9.71. The highest BCUT2D eigenvalue weighted by Crippen LogP contribution is 2.46. The molecule has 0 bridgehead atoms. The van der Waals surface area contributed by atoms with Crippen LogP contribution in [0.25, 0.3) is 0 Å². The topological polar surface area (TPSA) is 63.6 Å². The number of carbonyl (C=O) groups excluding carboxylic acids is 1. The van der Waals surface area contributed by atoms with Crippen LogP contribution >= 0.6 is 0 Å². The Bertz CT molecular complexity index is 624. The van der Waals surface area contributed by atoms with Gasteiger partial charge in [-0.25, -0.2) is 13.2 Å². The van der Waals surface area contributed by atoms with Gasteiger partial charge in [-0.2, -0.15) is 4.99 Å². The normalized spacial score (nSPS) is 17.7. The molecule has 0 unspecified atom stereocenters. The summed E-state index contributed by atoms with van der Waals surface area (Å²) in [7, 11) is -3.24. The van der Waals surface area contributed by atoms with Crippen LogP contribution in [0.5, 0.6) is 0 Å². The van der Waals surface area contributed by atoms with Gasteiger partial charge in [0.05, 0.1) is 10.4 Å². The minimum atomic E-state index is -3.24. The second-order valence-corrected chi connectivity index (χ2v) is 6.85. The van der Waals surface area contributed by atoms with E-state index < -0.39 is 15.4 Å². The van der Waals surface area contributed by atoms with E-state index in [0.717, 1.165) is 30.4 Å². The number of nitrogens with zero attached hydrogens (tertiary/aromatic N) is 1. The van der Waals surface area contributed by atoms with Gasteiger partial charge in [-0.3, -0.25) is 0 Å². The summed E-state index contributed by atoms with van der Waals surface area (Å²) in [6.45, 7) is 1.90. The van der Waals surface area contributed by atoms with Crippen molar-refractivity contribution in [3.63, 3.8) is 0 Å². The van der Waals surface area contributed by atoms with Crippen LogP contribution in [-0.4, -0.2) is 20.8 Å². The first-order valence-electron chi connectivity index (χ1n) is 5.79. The van der Waals surface area contributed by atoms with E-state index in [-0.39, 0.29) is 4.90 Å². The highest BCUT2D eigenvalue weighted by Gasteiger charge is 2.40. The van der Waals surface area contributed by atoms with Gasteiger partial charge >= 0.3 is 0 Å². The molecular formula is C13H15NO3S. The molecule has 1 aliphatic rings. The summed E-state index contributed by atoms with van der Waals surface area (Å²) in [6.07, 6.45) is 5.34. The Balaban J connectivity index is 2.60. The Morgan fingerprint density at radius 3 is 2.44 bits per heavy atom. The van der Waals surface area contributed by atoms with Crippen LogP contribution in [0, 0.1) is 6.92 Å². The Hall–Kier alpha value is -1.45. The quantitative estimate of drug-likeness (QED) is 0.621. The highest BCUT2D eigenvalue weighted by atomic mass is 32.2. The lowest BCUT2D eigenvalue weighted by Crippen LogP contribution is -2.32. The van der Waals surface area contributed by atoms with Gasteiger partial charge in [0.2, 0.25) is 6.08 Å². The predicted octanol–water partition coefficient (Wildman–Crippen LogP) is 2.11. The van der Waals surface area contributed by atoms with Crippen molar-refractivity contribution in [3.8, 4) is 0 Å². The molecule has 0 atom stereocenters. The second kappa shape index (κ2) is 4.34. The third-order valence-corrected chi connectivity index (χ3v) is 4.69. The van der Waals surface area contributed by atoms with Crippen molar-refractivity contribution in [2.45, 2.75) is 36.6 Å². The fraction of sp³-hybridized carbons (Fsp3) is 0.462. The van der Waals surface area contributed by atoms with Crippen LogP contribution in [0.2, 0.25) is 0 Å². The van der Waals surface area contributed by atoms with E-state index in [9.17, 15) is 13.2 Å². The number of hydrogen-bond acceptors (Lipinski definition) is 4. The van der Waals surface area contributed by atoms with Gasteiger partial charge in [-0.1, -0.05) is 6.07 Å². The third-order valence-electron chi connectivity index (χ3n) is 3.58. The van der Waals surface area contributed by atoms with Crippen molar-refractivity contribution in [1.82, 2.24) is 0 Å². The van der Waals surface area contributed by atoms with Crippen LogP contribution in [0.15, 0.2) is 28.1 Å². The molecule has 1 aromatic rings. The Kier molecular flexibility index (Phi) is 3.13. The van der Waals surface area contributed by atoms with E-state index in [4.69, 9.17) is 0 Å². The summed E-state index contributed by atoms with van der Waals surface area (Å²) in [5.41, 5.74) is 1.24. The van der Waals surface area contributed by atoms with E-state index in [1.165, 1.54) is 6.26 Å².